The zero-order chi connectivity index (χ0) is 10.4. The van der Waals surface area contributed by atoms with Crippen molar-refractivity contribution < 1.29 is 4.79 Å². The fourth-order valence-corrected chi connectivity index (χ4v) is 1.74. The highest BCUT2D eigenvalue weighted by atomic mass is 16.1. The minimum Gasteiger partial charge on any atom is -0.355 e. The van der Waals surface area contributed by atoms with Crippen molar-refractivity contribution in [2.75, 3.05) is 19.6 Å². The lowest BCUT2D eigenvalue weighted by atomic mass is 9.83. The van der Waals surface area contributed by atoms with Gasteiger partial charge in [0, 0.05) is 13.1 Å². The van der Waals surface area contributed by atoms with Gasteiger partial charge >= 0.3 is 0 Å². The monoisotopic (exact) mass is 194 g/mol. The second-order valence-corrected chi connectivity index (χ2v) is 4.25. The Morgan fingerprint density at radius 1 is 1.71 bits per heavy atom. The highest BCUT2D eigenvalue weighted by molar-refractivity contribution is 5.78. The molecule has 1 aliphatic heterocycles. The van der Waals surface area contributed by atoms with Gasteiger partial charge in [0.25, 0.3) is 0 Å². The van der Waals surface area contributed by atoms with Gasteiger partial charge in [-0.25, -0.2) is 0 Å². The average Bonchev–Trinajstić information content (AvgIpc) is 2.17. The van der Waals surface area contributed by atoms with Crippen molar-refractivity contribution in [2.24, 2.45) is 5.41 Å². The number of carbonyl (C=O) groups is 1. The zero-order valence-corrected chi connectivity index (χ0v) is 8.73. The number of piperidine rings is 1. The topological polar surface area (TPSA) is 41.1 Å². The van der Waals surface area contributed by atoms with E-state index in [0.717, 1.165) is 26.1 Å². The van der Waals surface area contributed by atoms with E-state index in [2.05, 4.69) is 23.5 Å². The quantitative estimate of drug-likeness (QED) is 0.643. The summed E-state index contributed by atoms with van der Waals surface area (Å²) in [7, 11) is 0. The number of amides is 1. The van der Waals surface area contributed by atoms with E-state index in [1.165, 1.54) is 6.42 Å². The minimum atomic E-state index is -0.0423. The van der Waals surface area contributed by atoms with Gasteiger partial charge in [-0.3, -0.25) is 4.79 Å². The van der Waals surface area contributed by atoms with Crippen LogP contribution in [-0.2, 0) is 4.79 Å². The molecule has 1 atom stereocenters. The zero-order valence-electron chi connectivity index (χ0n) is 8.73. The van der Waals surface area contributed by atoms with Gasteiger partial charge in [-0.1, -0.05) is 12.8 Å². The van der Waals surface area contributed by atoms with Gasteiger partial charge in [-0.05, 0) is 24.8 Å². The molecular formula is C11H18N2O. The van der Waals surface area contributed by atoms with E-state index in [1.807, 2.05) is 0 Å². The Morgan fingerprint density at radius 2 is 2.50 bits per heavy atom. The Labute approximate surface area is 85.6 Å². The molecule has 1 saturated heterocycles. The molecule has 3 heteroatoms. The van der Waals surface area contributed by atoms with Crippen LogP contribution in [0.3, 0.4) is 0 Å². The van der Waals surface area contributed by atoms with Crippen molar-refractivity contribution >= 4 is 5.91 Å². The molecule has 1 heterocycles. The Morgan fingerprint density at radius 3 is 3.07 bits per heavy atom. The third-order valence-corrected chi connectivity index (χ3v) is 2.66. The van der Waals surface area contributed by atoms with Gasteiger partial charge < -0.3 is 10.6 Å². The minimum absolute atomic E-state index is 0.0423. The summed E-state index contributed by atoms with van der Waals surface area (Å²) in [6, 6.07) is 0. The lowest BCUT2D eigenvalue weighted by molar-refractivity contribution is -0.120. The molecule has 14 heavy (non-hydrogen) atoms. The molecule has 0 radical (unpaired) electrons. The van der Waals surface area contributed by atoms with Crippen LogP contribution >= 0.6 is 0 Å². The summed E-state index contributed by atoms with van der Waals surface area (Å²) in [4.78, 5) is 11.2. The van der Waals surface area contributed by atoms with Crippen LogP contribution in [0.25, 0.3) is 0 Å². The third kappa shape index (κ3) is 3.39. The van der Waals surface area contributed by atoms with E-state index in [9.17, 15) is 4.79 Å². The molecule has 0 bridgehead atoms. The van der Waals surface area contributed by atoms with Crippen LogP contribution in [0, 0.1) is 17.8 Å². The largest absolute Gasteiger partial charge is 0.355 e. The molecule has 1 rings (SSSR count). The predicted octanol–water partition coefficient (Wildman–Crippen LogP) is 0.516. The molecule has 1 fully saturated rings. The van der Waals surface area contributed by atoms with E-state index in [4.69, 9.17) is 6.42 Å². The first-order chi connectivity index (χ1) is 6.66. The van der Waals surface area contributed by atoms with Crippen LogP contribution in [0.5, 0.6) is 0 Å². The second-order valence-electron chi connectivity index (χ2n) is 4.25. The van der Waals surface area contributed by atoms with Crippen molar-refractivity contribution in [3.63, 3.8) is 0 Å². The van der Waals surface area contributed by atoms with E-state index in [-0.39, 0.29) is 17.7 Å². The molecule has 0 aromatic heterocycles. The molecule has 0 aliphatic carbocycles. The van der Waals surface area contributed by atoms with Crippen molar-refractivity contribution in [1.82, 2.24) is 10.6 Å². The normalized spacial score (nSPS) is 26.6. The van der Waals surface area contributed by atoms with Crippen LogP contribution in [0.2, 0.25) is 0 Å². The maximum atomic E-state index is 11.2. The maximum absolute atomic E-state index is 11.2. The summed E-state index contributed by atoms with van der Waals surface area (Å²) in [6.45, 7) is 4.98. The van der Waals surface area contributed by atoms with Gasteiger partial charge in [0.05, 0.1) is 6.42 Å². The third-order valence-electron chi connectivity index (χ3n) is 2.66. The van der Waals surface area contributed by atoms with E-state index in [0.29, 0.717) is 0 Å². The van der Waals surface area contributed by atoms with Crippen molar-refractivity contribution in [2.45, 2.75) is 26.2 Å². The number of terminal acetylenes is 1. The van der Waals surface area contributed by atoms with Crippen molar-refractivity contribution in [3.05, 3.63) is 0 Å². The first-order valence-electron chi connectivity index (χ1n) is 5.07. The maximum Gasteiger partial charge on any atom is 0.232 e. The van der Waals surface area contributed by atoms with Crippen molar-refractivity contribution in [3.8, 4) is 12.3 Å². The molecule has 0 saturated carbocycles. The Bertz CT molecular complexity index is 236. The van der Waals surface area contributed by atoms with E-state index >= 15 is 0 Å². The van der Waals surface area contributed by atoms with Gasteiger partial charge in [-0.2, -0.15) is 0 Å². The fourth-order valence-electron chi connectivity index (χ4n) is 1.74. The predicted molar refractivity (Wildman–Crippen MR) is 56.7 cm³/mol. The first kappa shape index (κ1) is 11.1. The number of hydrogen-bond acceptors (Lipinski definition) is 2. The summed E-state index contributed by atoms with van der Waals surface area (Å²) in [5.74, 6) is 2.30. The standard InChI is InChI=1S/C11H18N2O/c1-3-5-10(14)13-9-11(2)6-4-7-12-8-11/h1,12H,4-9H2,2H3,(H,13,14). The molecular weight excluding hydrogens is 176 g/mol. The molecule has 2 N–H and O–H groups in total. The van der Waals surface area contributed by atoms with Crippen LogP contribution < -0.4 is 10.6 Å². The number of carbonyl (C=O) groups excluding carboxylic acids is 1. The number of hydrogen-bond donors (Lipinski definition) is 2. The van der Waals surface area contributed by atoms with Crippen LogP contribution in [0.1, 0.15) is 26.2 Å². The molecule has 0 aromatic carbocycles. The molecule has 1 amide bonds. The molecule has 1 unspecified atom stereocenters. The lowest BCUT2D eigenvalue weighted by Gasteiger charge is -2.34. The Kier molecular flexibility index (Phi) is 3.97. The molecule has 3 nitrogen and oxygen atoms in total. The summed E-state index contributed by atoms with van der Waals surface area (Å²) < 4.78 is 0. The van der Waals surface area contributed by atoms with Gasteiger partial charge in [0.15, 0.2) is 0 Å². The molecule has 0 spiro atoms. The first-order valence-corrected chi connectivity index (χ1v) is 5.07. The molecule has 0 aromatic rings. The highest BCUT2D eigenvalue weighted by Crippen LogP contribution is 2.23. The smallest absolute Gasteiger partial charge is 0.232 e. The number of nitrogens with one attached hydrogen (secondary N) is 2. The average molecular weight is 194 g/mol. The molecule has 78 valence electrons. The Balaban J connectivity index is 2.28. The van der Waals surface area contributed by atoms with Crippen LogP contribution in [0.15, 0.2) is 0 Å². The summed E-state index contributed by atoms with van der Waals surface area (Å²) >= 11 is 0. The lowest BCUT2D eigenvalue weighted by Crippen LogP contribution is -2.45. The Hall–Kier alpha value is -1.01. The number of rotatable bonds is 3. The molecule has 1 aliphatic rings. The highest BCUT2D eigenvalue weighted by Gasteiger charge is 2.26. The second kappa shape index (κ2) is 5.02. The van der Waals surface area contributed by atoms with Crippen molar-refractivity contribution in [1.29, 1.82) is 0 Å². The summed E-state index contributed by atoms with van der Waals surface area (Å²) in [5.41, 5.74) is 0.197. The fraction of sp³-hybridized carbons (Fsp3) is 0.727. The summed E-state index contributed by atoms with van der Waals surface area (Å²) in [5, 5.41) is 6.21. The SMILES string of the molecule is C#CCC(=O)NCC1(C)CCCNC1. The van der Waals surface area contributed by atoms with Gasteiger partial charge in [0.1, 0.15) is 0 Å². The van der Waals surface area contributed by atoms with Gasteiger partial charge in [-0.15, -0.1) is 6.42 Å². The van der Waals surface area contributed by atoms with E-state index in [1.54, 1.807) is 0 Å². The van der Waals surface area contributed by atoms with Gasteiger partial charge in [0.2, 0.25) is 5.91 Å². The van der Waals surface area contributed by atoms with Crippen LogP contribution in [-0.4, -0.2) is 25.5 Å². The van der Waals surface area contributed by atoms with Crippen LogP contribution in [0.4, 0.5) is 0 Å². The van der Waals surface area contributed by atoms with E-state index < -0.39 is 0 Å². The summed E-state index contributed by atoms with van der Waals surface area (Å²) in [6.07, 6.45) is 7.58.